The van der Waals surface area contributed by atoms with Gasteiger partial charge in [0.25, 0.3) is 0 Å². The fourth-order valence-electron chi connectivity index (χ4n) is 2.85. The summed E-state index contributed by atoms with van der Waals surface area (Å²) in [5.41, 5.74) is -1.62. The van der Waals surface area contributed by atoms with Crippen LogP contribution in [0.3, 0.4) is 0 Å². The predicted octanol–water partition coefficient (Wildman–Crippen LogP) is 6.59. The third-order valence-corrected chi connectivity index (χ3v) is 5.90. The van der Waals surface area contributed by atoms with Crippen LogP contribution in [0, 0.1) is 6.92 Å². The number of nitrogens with zero attached hydrogens (tertiary/aromatic N) is 5. The van der Waals surface area contributed by atoms with Crippen LogP contribution < -0.4 is 4.90 Å². The van der Waals surface area contributed by atoms with Crippen LogP contribution in [-0.2, 0) is 10.9 Å². The SMILES string of the molecule is Cc1nc(Br)c(Br)n1-c1cc(C(F)(F)F)ccc1N(C(=O)OC(C)(C)C)c1cnccn1. The second-order valence-corrected chi connectivity index (χ2v) is 9.16. The van der Waals surface area contributed by atoms with E-state index in [9.17, 15) is 18.0 Å². The molecular weight excluding hydrogens is 559 g/mol. The molecule has 0 aliphatic rings. The zero-order chi connectivity index (χ0) is 23.8. The minimum Gasteiger partial charge on any atom is -0.443 e. The number of carbonyl (C=O) groups excluding carboxylic acids is 1. The summed E-state index contributed by atoms with van der Waals surface area (Å²) in [5.74, 6) is 0.461. The zero-order valence-electron chi connectivity index (χ0n) is 17.4. The largest absolute Gasteiger partial charge is 0.443 e. The quantitative estimate of drug-likeness (QED) is 0.352. The van der Waals surface area contributed by atoms with Crippen molar-refractivity contribution in [1.82, 2.24) is 19.5 Å². The number of alkyl halides is 3. The van der Waals surface area contributed by atoms with Gasteiger partial charge in [-0.15, -0.1) is 0 Å². The minimum atomic E-state index is -4.60. The molecule has 0 saturated heterocycles. The lowest BCUT2D eigenvalue weighted by Gasteiger charge is -2.28. The highest BCUT2D eigenvalue weighted by Crippen LogP contribution is 2.39. The Kier molecular flexibility index (Phi) is 6.66. The molecule has 0 aliphatic carbocycles. The van der Waals surface area contributed by atoms with Crippen LogP contribution in [0.4, 0.5) is 29.5 Å². The number of anilines is 2. The summed E-state index contributed by atoms with van der Waals surface area (Å²) in [6.07, 6.45) is -1.33. The molecule has 0 bridgehead atoms. The van der Waals surface area contributed by atoms with Gasteiger partial charge in [0.15, 0.2) is 5.82 Å². The van der Waals surface area contributed by atoms with Gasteiger partial charge in [0.2, 0.25) is 0 Å². The number of carbonyl (C=O) groups is 1. The van der Waals surface area contributed by atoms with Gasteiger partial charge < -0.3 is 4.74 Å². The number of aromatic nitrogens is 4. The molecule has 3 rings (SSSR count). The van der Waals surface area contributed by atoms with Crippen LogP contribution in [0.25, 0.3) is 5.69 Å². The Morgan fingerprint density at radius 3 is 2.34 bits per heavy atom. The second kappa shape index (κ2) is 8.81. The van der Waals surface area contributed by atoms with E-state index in [4.69, 9.17) is 4.74 Å². The lowest BCUT2D eigenvalue weighted by Crippen LogP contribution is -2.35. The van der Waals surface area contributed by atoms with Crippen molar-refractivity contribution in [3.05, 3.63) is 57.4 Å². The Bertz CT molecular complexity index is 1140. The maximum atomic E-state index is 13.6. The molecule has 0 N–H and O–H groups in total. The van der Waals surface area contributed by atoms with Gasteiger partial charge in [0.1, 0.15) is 20.6 Å². The predicted molar refractivity (Wildman–Crippen MR) is 119 cm³/mol. The van der Waals surface area contributed by atoms with Crippen LogP contribution in [0.1, 0.15) is 32.2 Å². The van der Waals surface area contributed by atoms with Gasteiger partial charge in [-0.2, -0.15) is 13.2 Å². The lowest BCUT2D eigenvalue weighted by atomic mass is 10.1. The minimum absolute atomic E-state index is 0.0407. The molecule has 0 unspecified atom stereocenters. The highest BCUT2D eigenvalue weighted by atomic mass is 79.9. The van der Waals surface area contributed by atoms with E-state index >= 15 is 0 Å². The first kappa shape index (κ1) is 24.2. The van der Waals surface area contributed by atoms with Crippen LogP contribution in [0.2, 0.25) is 0 Å². The fraction of sp³-hybridized carbons (Fsp3) is 0.300. The van der Waals surface area contributed by atoms with E-state index in [0.717, 1.165) is 17.0 Å². The molecule has 1 aromatic carbocycles. The molecule has 0 spiro atoms. The zero-order valence-corrected chi connectivity index (χ0v) is 20.6. The molecule has 0 saturated carbocycles. The van der Waals surface area contributed by atoms with Crippen molar-refractivity contribution in [2.45, 2.75) is 39.5 Å². The van der Waals surface area contributed by atoms with Gasteiger partial charge in [0, 0.05) is 12.4 Å². The molecule has 1 amide bonds. The molecule has 7 nitrogen and oxygen atoms in total. The smallest absolute Gasteiger partial charge is 0.420 e. The molecule has 2 aromatic heterocycles. The van der Waals surface area contributed by atoms with Gasteiger partial charge in [-0.1, -0.05) is 0 Å². The van der Waals surface area contributed by atoms with Crippen molar-refractivity contribution in [1.29, 1.82) is 0 Å². The Morgan fingerprint density at radius 2 is 1.84 bits per heavy atom. The summed E-state index contributed by atoms with van der Waals surface area (Å²) in [4.78, 5) is 26.6. The normalized spacial score (nSPS) is 12.0. The van der Waals surface area contributed by atoms with E-state index in [1.807, 2.05) is 0 Å². The maximum Gasteiger partial charge on any atom is 0.420 e. The van der Waals surface area contributed by atoms with Crippen molar-refractivity contribution >= 4 is 49.5 Å². The molecule has 0 fully saturated rings. The second-order valence-electron chi connectivity index (χ2n) is 7.66. The molecule has 3 aromatic rings. The molecule has 12 heteroatoms. The topological polar surface area (TPSA) is 73.1 Å². The van der Waals surface area contributed by atoms with Gasteiger partial charge >= 0.3 is 12.3 Å². The number of ether oxygens (including phenoxy) is 1. The summed E-state index contributed by atoms with van der Waals surface area (Å²) in [6, 6.07) is 3.02. The van der Waals surface area contributed by atoms with Gasteiger partial charge in [-0.25, -0.2) is 19.7 Å². The number of aryl methyl sites for hydroxylation is 1. The summed E-state index contributed by atoms with van der Waals surface area (Å²) < 4.78 is 48.4. The van der Waals surface area contributed by atoms with Crippen LogP contribution >= 0.6 is 31.9 Å². The molecule has 0 radical (unpaired) electrons. The number of rotatable bonds is 3. The van der Waals surface area contributed by atoms with Crippen molar-refractivity contribution < 1.29 is 22.7 Å². The molecule has 0 aliphatic heterocycles. The third-order valence-electron chi connectivity index (χ3n) is 4.09. The standard InChI is InChI=1S/C20H18Br2F3N5O2/c1-11-28-16(21)17(22)29(11)14-9-12(20(23,24)25)5-6-13(14)30(15-10-26-7-8-27-15)18(31)32-19(2,3)4/h5-10H,1-4H3. The number of imidazole rings is 1. The highest BCUT2D eigenvalue weighted by Gasteiger charge is 2.34. The summed E-state index contributed by atoms with van der Waals surface area (Å²) >= 11 is 6.62. The Balaban J connectivity index is 2.32. The Labute approximate surface area is 198 Å². The van der Waals surface area contributed by atoms with Crippen LogP contribution in [-0.4, -0.2) is 31.2 Å². The van der Waals surface area contributed by atoms with Crippen molar-refractivity contribution in [2.24, 2.45) is 0 Å². The monoisotopic (exact) mass is 575 g/mol. The van der Waals surface area contributed by atoms with E-state index in [1.165, 1.54) is 29.2 Å². The van der Waals surface area contributed by atoms with E-state index in [2.05, 4.69) is 46.8 Å². The third kappa shape index (κ3) is 5.12. The molecular formula is C20H18Br2F3N5O2. The lowest BCUT2D eigenvalue weighted by molar-refractivity contribution is -0.137. The highest BCUT2D eigenvalue weighted by molar-refractivity contribution is 9.13. The summed E-state index contributed by atoms with van der Waals surface area (Å²) in [5, 5.41) is 0. The summed E-state index contributed by atoms with van der Waals surface area (Å²) in [7, 11) is 0. The van der Waals surface area contributed by atoms with Crippen LogP contribution in [0.5, 0.6) is 0 Å². The van der Waals surface area contributed by atoms with Gasteiger partial charge in [0.05, 0.1) is 23.1 Å². The number of benzene rings is 1. The molecule has 32 heavy (non-hydrogen) atoms. The van der Waals surface area contributed by atoms with E-state index in [-0.39, 0.29) is 17.2 Å². The van der Waals surface area contributed by atoms with E-state index < -0.39 is 23.4 Å². The van der Waals surface area contributed by atoms with Gasteiger partial charge in [-0.3, -0.25) is 9.55 Å². The number of hydrogen-bond donors (Lipinski definition) is 0. The van der Waals surface area contributed by atoms with Gasteiger partial charge in [-0.05, 0) is 77.8 Å². The first-order chi connectivity index (χ1) is 14.8. The average molecular weight is 577 g/mol. The van der Waals surface area contributed by atoms with E-state index in [0.29, 0.717) is 15.0 Å². The van der Waals surface area contributed by atoms with E-state index in [1.54, 1.807) is 27.7 Å². The first-order valence-corrected chi connectivity index (χ1v) is 10.8. The molecule has 2 heterocycles. The Morgan fingerprint density at radius 1 is 1.16 bits per heavy atom. The Hall–Kier alpha value is -2.47. The summed E-state index contributed by atoms with van der Waals surface area (Å²) in [6.45, 7) is 6.67. The number of amides is 1. The average Bonchev–Trinajstić information content (AvgIpc) is 2.92. The number of hydrogen-bond acceptors (Lipinski definition) is 5. The maximum absolute atomic E-state index is 13.6. The first-order valence-electron chi connectivity index (χ1n) is 9.20. The van der Waals surface area contributed by atoms with Crippen molar-refractivity contribution in [3.8, 4) is 5.69 Å². The fourth-order valence-corrected chi connectivity index (χ4v) is 3.82. The molecule has 0 atom stereocenters. The van der Waals surface area contributed by atoms with Crippen molar-refractivity contribution in [2.75, 3.05) is 4.90 Å². The molecule has 170 valence electrons. The van der Waals surface area contributed by atoms with Crippen LogP contribution in [0.15, 0.2) is 46.0 Å². The number of halogens is 5. The van der Waals surface area contributed by atoms with Crippen molar-refractivity contribution in [3.63, 3.8) is 0 Å².